The molecule has 6 nitrogen and oxygen atoms in total. The number of hydrogen-bond donors (Lipinski definition) is 0. The maximum absolute atomic E-state index is 12.7. The van der Waals surface area contributed by atoms with Gasteiger partial charge >= 0.3 is 5.97 Å². The van der Waals surface area contributed by atoms with Crippen LogP contribution in [0.15, 0.2) is 42.5 Å². The molecule has 0 aliphatic carbocycles. The van der Waals surface area contributed by atoms with Crippen molar-refractivity contribution in [3.05, 3.63) is 53.6 Å². The zero-order valence-electron chi connectivity index (χ0n) is 17.7. The van der Waals surface area contributed by atoms with E-state index in [9.17, 15) is 4.79 Å². The fraction of sp³-hybridized carbons (Fsp3) is 0.435. The standard InChI is InChI=1S/C23H30N2O4/c1-17(2)25-13-11-24(12-14-25)16-19-7-5-6-8-20(19)29-23(26)18-9-10-21(27-3)22(15-18)28-4/h5-10,15,17H,11-14,16H2,1-4H3. The van der Waals surface area contributed by atoms with Gasteiger partial charge in [0.15, 0.2) is 11.5 Å². The first-order valence-electron chi connectivity index (χ1n) is 10.0. The molecule has 0 atom stereocenters. The molecule has 1 aliphatic heterocycles. The Morgan fingerprint density at radius 3 is 2.28 bits per heavy atom. The van der Waals surface area contributed by atoms with Crippen LogP contribution < -0.4 is 14.2 Å². The summed E-state index contributed by atoms with van der Waals surface area (Å²) in [5.41, 5.74) is 1.43. The molecule has 1 aliphatic rings. The van der Waals surface area contributed by atoms with Crippen LogP contribution in [0.5, 0.6) is 17.2 Å². The Bertz CT molecular complexity index is 829. The third kappa shape index (κ3) is 5.28. The van der Waals surface area contributed by atoms with Crippen molar-refractivity contribution in [1.29, 1.82) is 0 Å². The summed E-state index contributed by atoms with van der Waals surface area (Å²) in [4.78, 5) is 17.6. The Labute approximate surface area is 173 Å². The third-order valence-electron chi connectivity index (χ3n) is 5.33. The average Bonchev–Trinajstić information content (AvgIpc) is 2.74. The third-order valence-corrected chi connectivity index (χ3v) is 5.33. The van der Waals surface area contributed by atoms with Crippen molar-refractivity contribution in [2.45, 2.75) is 26.4 Å². The normalized spacial score (nSPS) is 15.3. The highest BCUT2D eigenvalue weighted by molar-refractivity contribution is 5.92. The molecule has 156 valence electrons. The molecule has 2 aromatic rings. The monoisotopic (exact) mass is 398 g/mol. The first-order chi connectivity index (χ1) is 14.0. The number of carbonyl (C=O) groups excluding carboxylic acids is 1. The summed E-state index contributed by atoms with van der Waals surface area (Å²) in [5, 5.41) is 0. The van der Waals surface area contributed by atoms with E-state index in [-0.39, 0.29) is 0 Å². The van der Waals surface area contributed by atoms with Gasteiger partial charge in [-0.15, -0.1) is 0 Å². The summed E-state index contributed by atoms with van der Waals surface area (Å²) in [5.74, 6) is 1.25. The minimum atomic E-state index is -0.414. The van der Waals surface area contributed by atoms with Crippen LogP contribution in [0.1, 0.15) is 29.8 Å². The number of piperazine rings is 1. The number of para-hydroxylation sites is 1. The number of ether oxygens (including phenoxy) is 3. The van der Waals surface area contributed by atoms with Crippen molar-refractivity contribution in [1.82, 2.24) is 9.80 Å². The summed E-state index contributed by atoms with van der Waals surface area (Å²) in [6, 6.07) is 13.3. The van der Waals surface area contributed by atoms with E-state index in [2.05, 4.69) is 23.6 Å². The Kier molecular flexibility index (Phi) is 7.12. The van der Waals surface area contributed by atoms with Gasteiger partial charge in [0.25, 0.3) is 0 Å². The number of carbonyl (C=O) groups is 1. The van der Waals surface area contributed by atoms with Crippen molar-refractivity contribution in [3.8, 4) is 17.2 Å². The molecule has 0 N–H and O–H groups in total. The Morgan fingerprint density at radius 1 is 0.931 bits per heavy atom. The van der Waals surface area contributed by atoms with Crippen molar-refractivity contribution in [2.75, 3.05) is 40.4 Å². The van der Waals surface area contributed by atoms with Gasteiger partial charge in [0.05, 0.1) is 19.8 Å². The molecule has 0 amide bonds. The fourth-order valence-corrected chi connectivity index (χ4v) is 3.53. The molecule has 0 aromatic heterocycles. The molecule has 0 bridgehead atoms. The second kappa shape index (κ2) is 9.76. The molecule has 0 unspecified atom stereocenters. The lowest BCUT2D eigenvalue weighted by atomic mass is 10.1. The maximum atomic E-state index is 12.7. The summed E-state index contributed by atoms with van der Waals surface area (Å²) in [7, 11) is 3.11. The van der Waals surface area contributed by atoms with Crippen molar-refractivity contribution in [3.63, 3.8) is 0 Å². The zero-order chi connectivity index (χ0) is 20.8. The molecule has 1 fully saturated rings. The van der Waals surface area contributed by atoms with Crippen LogP contribution in [0.25, 0.3) is 0 Å². The summed E-state index contributed by atoms with van der Waals surface area (Å²) >= 11 is 0. The second-order valence-corrected chi connectivity index (χ2v) is 7.47. The van der Waals surface area contributed by atoms with Gasteiger partial charge in [-0.1, -0.05) is 18.2 Å². The van der Waals surface area contributed by atoms with Crippen LogP contribution in [0, 0.1) is 0 Å². The molecule has 0 saturated carbocycles. The maximum Gasteiger partial charge on any atom is 0.343 e. The van der Waals surface area contributed by atoms with Crippen LogP contribution in [-0.2, 0) is 6.54 Å². The van der Waals surface area contributed by atoms with Gasteiger partial charge in [0.1, 0.15) is 5.75 Å². The smallest absolute Gasteiger partial charge is 0.343 e. The molecule has 0 spiro atoms. The average molecular weight is 399 g/mol. The predicted octanol–water partition coefficient (Wildman–Crippen LogP) is 3.45. The minimum Gasteiger partial charge on any atom is -0.493 e. The van der Waals surface area contributed by atoms with E-state index >= 15 is 0 Å². The van der Waals surface area contributed by atoms with E-state index in [0.717, 1.165) is 38.3 Å². The fourth-order valence-electron chi connectivity index (χ4n) is 3.53. The van der Waals surface area contributed by atoms with Crippen molar-refractivity contribution < 1.29 is 19.0 Å². The van der Waals surface area contributed by atoms with Crippen molar-refractivity contribution in [2.24, 2.45) is 0 Å². The quantitative estimate of drug-likeness (QED) is 0.526. The van der Waals surface area contributed by atoms with Crippen LogP contribution in [-0.4, -0.2) is 62.2 Å². The van der Waals surface area contributed by atoms with Crippen LogP contribution in [0.2, 0.25) is 0 Å². The van der Waals surface area contributed by atoms with E-state index in [1.807, 2.05) is 24.3 Å². The Morgan fingerprint density at radius 2 is 1.62 bits per heavy atom. The second-order valence-electron chi connectivity index (χ2n) is 7.47. The lowest BCUT2D eigenvalue weighted by Crippen LogP contribution is -2.48. The Hall–Kier alpha value is -2.57. The molecular weight excluding hydrogens is 368 g/mol. The number of rotatable bonds is 7. The number of nitrogens with zero attached hydrogens (tertiary/aromatic N) is 2. The SMILES string of the molecule is COc1ccc(C(=O)Oc2ccccc2CN2CCN(C(C)C)CC2)cc1OC. The molecule has 2 aromatic carbocycles. The zero-order valence-corrected chi connectivity index (χ0v) is 17.7. The van der Waals surface area contributed by atoms with Gasteiger partial charge in [-0.05, 0) is 38.1 Å². The van der Waals surface area contributed by atoms with E-state index in [1.165, 1.54) is 0 Å². The first kappa shape index (κ1) is 21.1. The van der Waals surface area contributed by atoms with E-state index in [1.54, 1.807) is 32.4 Å². The number of methoxy groups -OCH3 is 2. The molecule has 3 rings (SSSR count). The highest BCUT2D eigenvalue weighted by Gasteiger charge is 2.20. The van der Waals surface area contributed by atoms with Crippen molar-refractivity contribution >= 4 is 5.97 Å². The Balaban J connectivity index is 1.69. The highest BCUT2D eigenvalue weighted by atomic mass is 16.5. The molecular formula is C23H30N2O4. The first-order valence-corrected chi connectivity index (χ1v) is 10.0. The molecule has 0 radical (unpaired) electrons. The summed E-state index contributed by atoms with van der Waals surface area (Å²) < 4.78 is 16.2. The minimum absolute atomic E-state index is 0.414. The lowest BCUT2D eigenvalue weighted by Gasteiger charge is -2.37. The van der Waals surface area contributed by atoms with Gasteiger partial charge in [-0.3, -0.25) is 9.80 Å². The van der Waals surface area contributed by atoms with Crippen LogP contribution >= 0.6 is 0 Å². The summed E-state index contributed by atoms with van der Waals surface area (Å²) in [6.45, 7) is 9.38. The van der Waals surface area contributed by atoms with Crippen LogP contribution in [0.4, 0.5) is 0 Å². The van der Waals surface area contributed by atoms with Crippen LogP contribution in [0.3, 0.4) is 0 Å². The molecule has 6 heteroatoms. The van der Waals surface area contributed by atoms with Gasteiger partial charge in [0, 0.05) is 44.3 Å². The largest absolute Gasteiger partial charge is 0.493 e. The summed E-state index contributed by atoms with van der Waals surface area (Å²) in [6.07, 6.45) is 0. The van der Waals surface area contributed by atoms with Gasteiger partial charge in [-0.25, -0.2) is 4.79 Å². The number of benzene rings is 2. The topological polar surface area (TPSA) is 51.2 Å². The van der Waals surface area contributed by atoms with Gasteiger partial charge < -0.3 is 14.2 Å². The van der Waals surface area contributed by atoms with E-state index in [4.69, 9.17) is 14.2 Å². The molecule has 1 saturated heterocycles. The van der Waals surface area contributed by atoms with Gasteiger partial charge in [-0.2, -0.15) is 0 Å². The molecule has 29 heavy (non-hydrogen) atoms. The number of hydrogen-bond acceptors (Lipinski definition) is 6. The predicted molar refractivity (Wildman–Crippen MR) is 113 cm³/mol. The lowest BCUT2D eigenvalue weighted by molar-refractivity contribution is 0.0726. The highest BCUT2D eigenvalue weighted by Crippen LogP contribution is 2.29. The van der Waals surface area contributed by atoms with Gasteiger partial charge in [0.2, 0.25) is 0 Å². The van der Waals surface area contributed by atoms with E-state index in [0.29, 0.717) is 28.9 Å². The number of esters is 1. The van der Waals surface area contributed by atoms with E-state index < -0.39 is 5.97 Å². The molecule has 1 heterocycles.